The van der Waals surface area contributed by atoms with E-state index in [-0.39, 0.29) is 0 Å². The highest BCUT2D eigenvalue weighted by molar-refractivity contribution is 7.29. The second-order valence-corrected chi connectivity index (χ2v) is 5.36. The molecule has 2 heteroatoms. The van der Waals surface area contributed by atoms with E-state index in [9.17, 15) is 0 Å². The van der Waals surface area contributed by atoms with E-state index in [1.54, 1.807) is 0 Å². The van der Waals surface area contributed by atoms with E-state index >= 15 is 0 Å². The molecule has 2 aromatic heterocycles. The quantitative estimate of drug-likeness (QED) is 0.541. The SMILES string of the molecule is Cc1ccc2c(c1)[pH][n+]1ccc(C)cc21. The lowest BCUT2D eigenvalue weighted by Crippen LogP contribution is -2.11. The van der Waals surface area contributed by atoms with Crippen molar-refractivity contribution in [2.24, 2.45) is 0 Å². The Hall–Kier alpha value is -1.33. The number of rotatable bonds is 0. The van der Waals surface area contributed by atoms with Crippen LogP contribution in [-0.2, 0) is 0 Å². The molecule has 0 aliphatic carbocycles. The van der Waals surface area contributed by atoms with Crippen LogP contribution in [0.25, 0.3) is 16.0 Å². The van der Waals surface area contributed by atoms with Crippen molar-refractivity contribution < 1.29 is 4.16 Å². The number of pyridine rings is 1. The van der Waals surface area contributed by atoms with Gasteiger partial charge in [-0.1, -0.05) is 6.07 Å². The zero-order valence-corrected chi connectivity index (χ0v) is 9.91. The third kappa shape index (κ3) is 1.35. The average molecular weight is 214 g/mol. The van der Waals surface area contributed by atoms with Crippen LogP contribution in [-0.4, -0.2) is 0 Å². The Kier molecular flexibility index (Phi) is 1.83. The summed E-state index contributed by atoms with van der Waals surface area (Å²) in [5.41, 5.74) is 4.05. The van der Waals surface area contributed by atoms with Gasteiger partial charge >= 0.3 is 0 Å². The summed E-state index contributed by atoms with van der Waals surface area (Å²) in [5, 5.41) is 2.88. The molecular formula is C13H13NP+. The first-order valence-corrected chi connectivity index (χ1v) is 6.09. The summed E-state index contributed by atoms with van der Waals surface area (Å²) in [6.07, 6.45) is 2.19. The number of hydrogen-bond donors (Lipinski definition) is 0. The van der Waals surface area contributed by atoms with Crippen LogP contribution in [0.5, 0.6) is 0 Å². The standard InChI is InChI=1S/C13H13NP/c1-9-3-4-11-12-7-10(2)5-6-14(12)15-13(11)8-9/h3-8,15H,1-2H3/q+1. The van der Waals surface area contributed by atoms with Crippen molar-refractivity contribution in [1.82, 2.24) is 0 Å². The summed E-state index contributed by atoms with van der Waals surface area (Å²) in [5.74, 6) is 0. The molecule has 0 aliphatic heterocycles. The number of benzene rings is 1. The molecule has 1 atom stereocenters. The summed E-state index contributed by atoms with van der Waals surface area (Å²) in [6, 6.07) is 11.2. The first-order chi connectivity index (χ1) is 7.24. The first kappa shape index (κ1) is 8.94. The largest absolute Gasteiger partial charge is 0.220 e. The smallest absolute Gasteiger partial charge is 0.160 e. The van der Waals surface area contributed by atoms with Crippen molar-refractivity contribution >= 4 is 24.4 Å². The minimum atomic E-state index is 0.760. The van der Waals surface area contributed by atoms with E-state index in [0.717, 1.165) is 8.35 Å². The Bertz CT molecular complexity index is 652. The topological polar surface area (TPSA) is 4.10 Å². The number of aryl methyl sites for hydroxylation is 2. The van der Waals surface area contributed by atoms with Gasteiger partial charge in [-0.25, -0.2) is 0 Å². The molecule has 0 amide bonds. The van der Waals surface area contributed by atoms with Gasteiger partial charge in [0.2, 0.25) is 5.52 Å². The molecule has 0 radical (unpaired) electrons. The molecule has 3 rings (SSSR count). The summed E-state index contributed by atoms with van der Waals surface area (Å²) < 4.78 is 2.34. The first-order valence-electron chi connectivity index (χ1n) is 5.14. The van der Waals surface area contributed by atoms with Crippen molar-refractivity contribution in [3.63, 3.8) is 0 Å². The molecule has 1 unspecified atom stereocenters. The Morgan fingerprint density at radius 1 is 1.00 bits per heavy atom. The molecule has 0 spiro atoms. The minimum absolute atomic E-state index is 0.760. The Morgan fingerprint density at radius 3 is 2.67 bits per heavy atom. The van der Waals surface area contributed by atoms with E-state index in [2.05, 4.69) is 54.5 Å². The van der Waals surface area contributed by atoms with Crippen molar-refractivity contribution in [3.8, 4) is 0 Å². The molecule has 3 aromatic rings. The summed E-state index contributed by atoms with van der Waals surface area (Å²) in [4.78, 5) is 0. The highest BCUT2D eigenvalue weighted by Gasteiger charge is 2.10. The van der Waals surface area contributed by atoms with E-state index in [1.807, 2.05) is 0 Å². The van der Waals surface area contributed by atoms with Gasteiger partial charge in [0.25, 0.3) is 0 Å². The zero-order valence-electron chi connectivity index (χ0n) is 8.91. The Labute approximate surface area is 90.5 Å². The van der Waals surface area contributed by atoms with Crippen molar-refractivity contribution in [3.05, 3.63) is 47.7 Å². The fraction of sp³-hybridized carbons (Fsp3) is 0.154. The van der Waals surface area contributed by atoms with Gasteiger partial charge in [-0.2, -0.15) is 4.16 Å². The highest BCUT2D eigenvalue weighted by Crippen LogP contribution is 2.26. The van der Waals surface area contributed by atoms with Gasteiger partial charge in [-0.3, -0.25) is 0 Å². The molecule has 2 heterocycles. The molecule has 0 N–H and O–H groups in total. The summed E-state index contributed by atoms with van der Waals surface area (Å²) >= 11 is 0. The molecule has 1 aromatic carbocycles. The van der Waals surface area contributed by atoms with Crippen LogP contribution in [0.15, 0.2) is 36.5 Å². The molecule has 0 aliphatic rings. The molecule has 0 fully saturated rings. The van der Waals surface area contributed by atoms with E-state index < -0.39 is 0 Å². The molecule has 0 bridgehead atoms. The summed E-state index contributed by atoms with van der Waals surface area (Å²) in [7, 11) is 0.760. The maximum Gasteiger partial charge on any atom is 0.220 e. The summed E-state index contributed by atoms with van der Waals surface area (Å²) in [6.45, 7) is 4.31. The lowest BCUT2D eigenvalue weighted by atomic mass is 10.1. The normalized spacial score (nSPS) is 11.9. The fourth-order valence-corrected chi connectivity index (χ4v) is 3.35. The predicted octanol–water partition coefficient (Wildman–Crippen LogP) is 3.23. The van der Waals surface area contributed by atoms with Gasteiger partial charge in [0, 0.05) is 12.1 Å². The molecular weight excluding hydrogens is 201 g/mol. The number of aromatic nitrogens is 1. The van der Waals surface area contributed by atoms with Gasteiger partial charge in [0.05, 0.1) is 10.5 Å². The average Bonchev–Trinajstić information content (AvgIpc) is 2.54. The molecule has 0 saturated heterocycles. The van der Waals surface area contributed by atoms with Crippen LogP contribution in [0.2, 0.25) is 0 Å². The number of hydrogen-bond acceptors (Lipinski definition) is 0. The van der Waals surface area contributed by atoms with Gasteiger partial charge in [-0.05, 0) is 37.1 Å². The van der Waals surface area contributed by atoms with Crippen molar-refractivity contribution in [1.29, 1.82) is 0 Å². The third-order valence-corrected chi connectivity index (χ3v) is 4.09. The lowest BCUT2D eigenvalue weighted by Gasteiger charge is -1.90. The van der Waals surface area contributed by atoms with Gasteiger partial charge in [0.1, 0.15) is 8.35 Å². The Morgan fingerprint density at radius 2 is 1.80 bits per heavy atom. The third-order valence-electron chi connectivity index (χ3n) is 2.80. The second-order valence-electron chi connectivity index (χ2n) is 4.12. The van der Waals surface area contributed by atoms with Crippen molar-refractivity contribution in [2.75, 3.05) is 0 Å². The van der Waals surface area contributed by atoms with E-state index in [4.69, 9.17) is 0 Å². The van der Waals surface area contributed by atoms with Crippen LogP contribution in [0.3, 0.4) is 0 Å². The Balaban J connectivity index is 2.53. The predicted molar refractivity (Wildman–Crippen MR) is 66.1 cm³/mol. The van der Waals surface area contributed by atoms with Crippen LogP contribution in [0.4, 0.5) is 0 Å². The second kappa shape index (κ2) is 3.08. The maximum atomic E-state index is 2.34. The molecule has 1 nitrogen and oxygen atoms in total. The van der Waals surface area contributed by atoms with Crippen LogP contribution < -0.4 is 4.16 Å². The van der Waals surface area contributed by atoms with Crippen LogP contribution >= 0.6 is 8.35 Å². The minimum Gasteiger partial charge on any atom is -0.160 e. The zero-order chi connectivity index (χ0) is 10.4. The maximum absolute atomic E-state index is 2.34. The van der Waals surface area contributed by atoms with Gasteiger partial charge in [-0.15, -0.1) is 0 Å². The molecule has 0 saturated carbocycles. The highest BCUT2D eigenvalue weighted by atomic mass is 31.0. The van der Waals surface area contributed by atoms with Crippen LogP contribution in [0, 0.1) is 13.8 Å². The number of nitrogens with zero attached hydrogens (tertiary/aromatic N) is 1. The van der Waals surface area contributed by atoms with Crippen LogP contribution in [0.1, 0.15) is 11.1 Å². The fourth-order valence-electron chi connectivity index (χ4n) is 2.01. The monoisotopic (exact) mass is 214 g/mol. The number of fused-ring (bicyclic) bond motifs is 3. The van der Waals surface area contributed by atoms with Gasteiger partial charge in [0.15, 0.2) is 6.20 Å². The molecule has 15 heavy (non-hydrogen) atoms. The van der Waals surface area contributed by atoms with Crippen molar-refractivity contribution in [2.45, 2.75) is 13.8 Å². The van der Waals surface area contributed by atoms with Gasteiger partial charge < -0.3 is 0 Å². The van der Waals surface area contributed by atoms with E-state index in [0.29, 0.717) is 0 Å². The van der Waals surface area contributed by atoms with E-state index in [1.165, 1.54) is 27.1 Å². The molecule has 74 valence electrons. The lowest BCUT2D eigenvalue weighted by molar-refractivity contribution is -0.428.